The summed E-state index contributed by atoms with van der Waals surface area (Å²) in [6.07, 6.45) is 0.0661. The van der Waals surface area contributed by atoms with Crippen LogP contribution in [0.1, 0.15) is 18.2 Å². The standard InChI is InChI=1S/C22H20Cl2N4O3/c1-4-31-17(29)10-13-11(2)25-21(30)18-12(13)8-9-16-20(18)28(3)22(26-16)27-19-14(23)6-5-7-15(19)24/h5-9H,4,10H2,1-3H3,(H,25,30)(H,26,27). The molecule has 0 spiro atoms. The van der Waals surface area contributed by atoms with Crippen LogP contribution in [0, 0.1) is 6.92 Å². The summed E-state index contributed by atoms with van der Waals surface area (Å²) < 4.78 is 6.87. The van der Waals surface area contributed by atoms with Gasteiger partial charge in [-0.3, -0.25) is 9.59 Å². The molecule has 0 unspecified atom stereocenters. The van der Waals surface area contributed by atoms with Crippen molar-refractivity contribution < 1.29 is 9.53 Å². The van der Waals surface area contributed by atoms with Gasteiger partial charge in [0.15, 0.2) is 0 Å². The summed E-state index contributed by atoms with van der Waals surface area (Å²) in [6, 6.07) is 8.84. The molecule has 160 valence electrons. The van der Waals surface area contributed by atoms with Crippen LogP contribution in [-0.4, -0.2) is 27.1 Å². The predicted molar refractivity (Wildman–Crippen MR) is 124 cm³/mol. The molecule has 0 aliphatic carbocycles. The number of rotatable bonds is 5. The number of para-hydroxylation sites is 1. The Morgan fingerprint density at radius 1 is 1.23 bits per heavy atom. The second-order valence-corrected chi connectivity index (χ2v) is 7.93. The summed E-state index contributed by atoms with van der Waals surface area (Å²) in [4.78, 5) is 32.5. The molecule has 0 aliphatic rings. The number of fused-ring (bicyclic) bond motifs is 3. The van der Waals surface area contributed by atoms with E-state index in [4.69, 9.17) is 27.9 Å². The van der Waals surface area contributed by atoms with E-state index in [1.54, 1.807) is 43.7 Å². The lowest BCUT2D eigenvalue weighted by Gasteiger charge is -2.12. The third-order valence-electron chi connectivity index (χ3n) is 5.17. The lowest BCUT2D eigenvalue weighted by molar-refractivity contribution is -0.142. The summed E-state index contributed by atoms with van der Waals surface area (Å²) in [6.45, 7) is 3.83. The molecule has 0 saturated heterocycles. The first kappa shape index (κ1) is 21.2. The van der Waals surface area contributed by atoms with Crippen molar-refractivity contribution >= 4 is 62.6 Å². The number of hydrogen-bond donors (Lipinski definition) is 2. The van der Waals surface area contributed by atoms with E-state index in [0.29, 0.717) is 55.8 Å². The first-order valence-corrected chi connectivity index (χ1v) is 10.4. The summed E-state index contributed by atoms with van der Waals surface area (Å²) in [5.74, 6) is 0.129. The normalized spacial score (nSPS) is 11.3. The molecule has 0 aliphatic heterocycles. The molecule has 4 rings (SSSR count). The molecule has 9 heteroatoms. The minimum absolute atomic E-state index is 0.0661. The fraction of sp³-hybridized carbons (Fsp3) is 0.227. The van der Waals surface area contributed by atoms with Gasteiger partial charge in [-0.1, -0.05) is 35.3 Å². The monoisotopic (exact) mass is 458 g/mol. The number of nitrogens with one attached hydrogen (secondary N) is 2. The van der Waals surface area contributed by atoms with Crippen molar-refractivity contribution in [3.05, 3.63) is 62.0 Å². The highest BCUT2D eigenvalue weighted by Crippen LogP contribution is 2.34. The summed E-state index contributed by atoms with van der Waals surface area (Å²) >= 11 is 12.6. The number of H-pyrrole nitrogens is 1. The molecule has 2 heterocycles. The van der Waals surface area contributed by atoms with Crippen LogP contribution >= 0.6 is 23.2 Å². The third kappa shape index (κ3) is 3.75. The van der Waals surface area contributed by atoms with Crippen molar-refractivity contribution in [2.45, 2.75) is 20.3 Å². The summed E-state index contributed by atoms with van der Waals surface area (Å²) in [5, 5.41) is 5.21. The molecule has 2 N–H and O–H groups in total. The smallest absolute Gasteiger partial charge is 0.310 e. The van der Waals surface area contributed by atoms with Crippen LogP contribution in [0.5, 0.6) is 0 Å². The number of hydrogen-bond acceptors (Lipinski definition) is 5. The number of imidazole rings is 1. The van der Waals surface area contributed by atoms with Gasteiger partial charge in [0.1, 0.15) is 0 Å². The molecular formula is C22H20Cl2N4O3. The predicted octanol–water partition coefficient (Wildman–Crippen LogP) is 4.88. The molecular weight excluding hydrogens is 439 g/mol. The van der Waals surface area contributed by atoms with E-state index >= 15 is 0 Å². The first-order valence-electron chi connectivity index (χ1n) is 9.69. The van der Waals surface area contributed by atoms with Crippen LogP contribution in [0.3, 0.4) is 0 Å². The number of carbonyl (C=O) groups is 1. The molecule has 0 atom stereocenters. The van der Waals surface area contributed by atoms with Crippen molar-refractivity contribution in [1.29, 1.82) is 0 Å². The molecule has 0 bridgehead atoms. The van der Waals surface area contributed by atoms with Crippen LogP contribution in [0.2, 0.25) is 10.0 Å². The van der Waals surface area contributed by atoms with Crippen molar-refractivity contribution in [1.82, 2.24) is 14.5 Å². The molecule has 31 heavy (non-hydrogen) atoms. The van der Waals surface area contributed by atoms with Gasteiger partial charge >= 0.3 is 5.97 Å². The fourth-order valence-electron chi connectivity index (χ4n) is 3.72. The Bertz CT molecular complexity index is 1370. The first-order chi connectivity index (χ1) is 14.8. The average Bonchev–Trinajstić information content (AvgIpc) is 3.03. The Labute approximate surface area is 187 Å². The van der Waals surface area contributed by atoms with Crippen LogP contribution in [0.4, 0.5) is 11.6 Å². The van der Waals surface area contributed by atoms with E-state index in [9.17, 15) is 9.59 Å². The van der Waals surface area contributed by atoms with Gasteiger partial charge < -0.3 is 19.6 Å². The van der Waals surface area contributed by atoms with Gasteiger partial charge in [-0.2, -0.15) is 0 Å². The largest absolute Gasteiger partial charge is 0.466 e. The zero-order chi connectivity index (χ0) is 22.3. The number of esters is 1. The fourth-order valence-corrected chi connectivity index (χ4v) is 4.21. The van der Waals surface area contributed by atoms with Gasteiger partial charge in [-0.15, -0.1) is 0 Å². The van der Waals surface area contributed by atoms with Gasteiger partial charge in [0.25, 0.3) is 5.56 Å². The van der Waals surface area contributed by atoms with Gasteiger partial charge in [0, 0.05) is 12.7 Å². The summed E-state index contributed by atoms with van der Waals surface area (Å²) in [5.41, 5.74) is 2.89. The van der Waals surface area contributed by atoms with Crippen LogP contribution in [0.15, 0.2) is 35.1 Å². The lowest BCUT2D eigenvalue weighted by Crippen LogP contribution is -2.15. The zero-order valence-electron chi connectivity index (χ0n) is 17.2. The number of carbonyl (C=O) groups excluding carboxylic acids is 1. The maximum atomic E-state index is 12.9. The maximum Gasteiger partial charge on any atom is 0.310 e. The van der Waals surface area contributed by atoms with E-state index < -0.39 is 0 Å². The highest BCUT2D eigenvalue weighted by Gasteiger charge is 2.19. The van der Waals surface area contributed by atoms with Gasteiger partial charge in [-0.05, 0) is 43.0 Å². The Hall–Kier alpha value is -3.03. The highest BCUT2D eigenvalue weighted by atomic mass is 35.5. The average molecular weight is 459 g/mol. The van der Waals surface area contributed by atoms with Crippen LogP contribution < -0.4 is 10.9 Å². The molecule has 2 aromatic carbocycles. The lowest BCUT2D eigenvalue weighted by atomic mass is 10.0. The molecule has 7 nitrogen and oxygen atoms in total. The van der Waals surface area contributed by atoms with E-state index in [1.807, 2.05) is 12.1 Å². The Morgan fingerprint density at radius 3 is 2.61 bits per heavy atom. The summed E-state index contributed by atoms with van der Waals surface area (Å²) in [7, 11) is 1.80. The number of aryl methyl sites for hydroxylation is 2. The van der Waals surface area contributed by atoms with E-state index in [-0.39, 0.29) is 17.9 Å². The quantitative estimate of drug-likeness (QED) is 0.416. The number of halogens is 2. The molecule has 0 radical (unpaired) electrons. The molecule has 0 saturated carbocycles. The number of ether oxygens (including phenoxy) is 1. The van der Waals surface area contributed by atoms with Gasteiger partial charge in [0.05, 0.1) is 45.2 Å². The Kier molecular flexibility index (Phi) is 5.64. The number of aromatic nitrogens is 3. The number of anilines is 2. The SMILES string of the molecule is CCOC(=O)Cc1c(C)[nH]c(=O)c2c1ccc1nc(Nc3c(Cl)cccc3Cl)n(C)c12. The minimum Gasteiger partial charge on any atom is -0.466 e. The van der Waals surface area contributed by atoms with E-state index in [0.717, 1.165) is 5.56 Å². The second-order valence-electron chi connectivity index (χ2n) is 7.11. The topological polar surface area (TPSA) is 89.0 Å². The van der Waals surface area contributed by atoms with Crippen LogP contribution in [-0.2, 0) is 23.0 Å². The number of pyridine rings is 1. The van der Waals surface area contributed by atoms with E-state index in [2.05, 4.69) is 15.3 Å². The molecule has 0 fully saturated rings. The van der Waals surface area contributed by atoms with Gasteiger partial charge in [-0.25, -0.2) is 4.98 Å². The Morgan fingerprint density at radius 2 is 1.94 bits per heavy atom. The second kappa shape index (κ2) is 8.24. The van der Waals surface area contributed by atoms with Crippen molar-refractivity contribution in [3.8, 4) is 0 Å². The van der Waals surface area contributed by atoms with Crippen molar-refractivity contribution in [2.24, 2.45) is 7.05 Å². The molecule has 0 amide bonds. The highest BCUT2D eigenvalue weighted by molar-refractivity contribution is 6.39. The number of nitrogens with zero attached hydrogens (tertiary/aromatic N) is 2. The van der Waals surface area contributed by atoms with Crippen molar-refractivity contribution in [3.63, 3.8) is 0 Å². The molecule has 2 aromatic heterocycles. The molecule has 4 aromatic rings. The zero-order valence-corrected chi connectivity index (χ0v) is 18.7. The Balaban J connectivity index is 1.92. The van der Waals surface area contributed by atoms with Gasteiger partial charge in [0.2, 0.25) is 5.95 Å². The van der Waals surface area contributed by atoms with Crippen molar-refractivity contribution in [2.75, 3.05) is 11.9 Å². The number of aromatic amines is 1. The number of benzene rings is 2. The van der Waals surface area contributed by atoms with Crippen LogP contribution in [0.25, 0.3) is 21.8 Å². The minimum atomic E-state index is -0.347. The third-order valence-corrected chi connectivity index (χ3v) is 5.80. The maximum absolute atomic E-state index is 12.9. The van der Waals surface area contributed by atoms with E-state index in [1.165, 1.54) is 0 Å².